The van der Waals surface area contributed by atoms with Crippen molar-refractivity contribution in [1.82, 2.24) is 19.6 Å². The van der Waals surface area contributed by atoms with E-state index in [1.165, 1.54) is 0 Å². The summed E-state index contributed by atoms with van der Waals surface area (Å²) in [5.41, 5.74) is 2.72. The van der Waals surface area contributed by atoms with Gasteiger partial charge in [0.2, 0.25) is 0 Å². The molecular weight excluding hydrogens is 302 g/mol. The van der Waals surface area contributed by atoms with Crippen molar-refractivity contribution in [2.45, 2.75) is 20.1 Å². The third-order valence-corrected chi connectivity index (χ3v) is 3.06. The van der Waals surface area contributed by atoms with Crippen LogP contribution in [-0.4, -0.2) is 26.2 Å². The van der Waals surface area contributed by atoms with E-state index in [0.29, 0.717) is 19.8 Å². The summed E-state index contributed by atoms with van der Waals surface area (Å²) in [6, 6.07) is 9.69. The summed E-state index contributed by atoms with van der Waals surface area (Å²) in [7, 11) is 0. The van der Waals surface area contributed by atoms with E-state index in [9.17, 15) is 0 Å². The van der Waals surface area contributed by atoms with Crippen molar-refractivity contribution >= 4 is 23.9 Å². The third-order valence-electron chi connectivity index (χ3n) is 3.06. The number of pyridine rings is 1. The third kappa shape index (κ3) is 3.72. The second-order valence-corrected chi connectivity index (χ2v) is 4.55. The molecular formula is C15H18ClN5O. The number of anilines is 1. The monoisotopic (exact) mass is 319 g/mol. The maximum absolute atomic E-state index is 5.42. The van der Waals surface area contributed by atoms with Gasteiger partial charge in [0.05, 0.1) is 30.7 Å². The molecule has 0 aliphatic rings. The van der Waals surface area contributed by atoms with Crippen LogP contribution in [0, 0.1) is 0 Å². The van der Waals surface area contributed by atoms with Gasteiger partial charge in [-0.25, -0.2) is 9.50 Å². The Kier molecular flexibility index (Phi) is 5.68. The lowest BCUT2D eigenvalue weighted by molar-refractivity contribution is 0.130. The Balaban J connectivity index is 0.00000176. The highest BCUT2D eigenvalue weighted by Crippen LogP contribution is 2.10. The molecule has 0 aromatic carbocycles. The first kappa shape index (κ1) is 16.2. The van der Waals surface area contributed by atoms with Crippen LogP contribution < -0.4 is 5.32 Å². The van der Waals surface area contributed by atoms with Gasteiger partial charge in [0.1, 0.15) is 5.82 Å². The highest BCUT2D eigenvalue weighted by molar-refractivity contribution is 5.85. The predicted molar refractivity (Wildman–Crippen MR) is 87.1 cm³/mol. The second-order valence-electron chi connectivity index (χ2n) is 4.55. The number of hydrogen-bond acceptors (Lipinski definition) is 5. The lowest BCUT2D eigenvalue weighted by Gasteiger charge is -2.06. The molecule has 0 radical (unpaired) electrons. The molecule has 0 aliphatic heterocycles. The minimum Gasteiger partial charge on any atom is -0.375 e. The van der Waals surface area contributed by atoms with Gasteiger partial charge in [0.15, 0.2) is 5.65 Å². The minimum absolute atomic E-state index is 0. The Bertz CT molecular complexity index is 716. The fourth-order valence-electron chi connectivity index (χ4n) is 2.00. The molecule has 0 fully saturated rings. The topological polar surface area (TPSA) is 64.3 Å². The number of fused-ring (bicyclic) bond motifs is 1. The average molecular weight is 320 g/mol. The van der Waals surface area contributed by atoms with Crippen LogP contribution in [0.3, 0.4) is 0 Å². The highest BCUT2D eigenvalue weighted by Gasteiger charge is 2.05. The van der Waals surface area contributed by atoms with Crippen LogP contribution >= 0.6 is 12.4 Å². The molecule has 0 atom stereocenters. The fraction of sp³-hybridized carbons (Fsp3) is 0.267. The Morgan fingerprint density at radius 1 is 1.18 bits per heavy atom. The van der Waals surface area contributed by atoms with Crippen LogP contribution in [0.4, 0.5) is 5.82 Å². The summed E-state index contributed by atoms with van der Waals surface area (Å²) < 4.78 is 7.23. The van der Waals surface area contributed by atoms with E-state index < -0.39 is 0 Å². The molecule has 6 nitrogen and oxygen atoms in total. The van der Waals surface area contributed by atoms with E-state index in [0.717, 1.165) is 22.9 Å². The molecule has 0 amide bonds. The minimum atomic E-state index is 0. The summed E-state index contributed by atoms with van der Waals surface area (Å²) in [6.45, 7) is 3.78. The van der Waals surface area contributed by atoms with Gasteiger partial charge in [-0.15, -0.1) is 17.5 Å². The van der Waals surface area contributed by atoms with E-state index in [-0.39, 0.29) is 12.4 Å². The number of aromatic nitrogens is 4. The number of nitrogens with zero attached hydrogens (tertiary/aromatic N) is 4. The van der Waals surface area contributed by atoms with Crippen molar-refractivity contribution in [3.05, 3.63) is 54.1 Å². The molecule has 0 unspecified atom stereocenters. The van der Waals surface area contributed by atoms with Crippen LogP contribution in [0.15, 0.2) is 42.7 Å². The van der Waals surface area contributed by atoms with Crippen LogP contribution in [-0.2, 0) is 17.9 Å². The Hall–Kier alpha value is -2.18. The van der Waals surface area contributed by atoms with Crippen molar-refractivity contribution in [3.63, 3.8) is 0 Å². The zero-order valence-electron chi connectivity index (χ0n) is 12.3. The molecule has 0 bridgehead atoms. The number of rotatable bonds is 6. The zero-order valence-corrected chi connectivity index (χ0v) is 13.1. The van der Waals surface area contributed by atoms with Gasteiger partial charge in [-0.1, -0.05) is 6.07 Å². The summed E-state index contributed by atoms with van der Waals surface area (Å²) >= 11 is 0. The van der Waals surface area contributed by atoms with E-state index in [1.807, 2.05) is 37.3 Å². The molecule has 0 saturated heterocycles. The molecule has 3 heterocycles. The Morgan fingerprint density at radius 3 is 2.86 bits per heavy atom. The van der Waals surface area contributed by atoms with Gasteiger partial charge in [-0.05, 0) is 31.2 Å². The standard InChI is InChI=1S/C15H17N5O.ClH/c1-2-21-11-13-10-18-15-7-6-14(19-20(13)15)17-9-12-5-3-4-8-16-12;/h3-8,10H,2,9,11H2,1H3,(H,17,19);1H. The molecule has 116 valence electrons. The van der Waals surface area contributed by atoms with Crippen molar-refractivity contribution in [2.75, 3.05) is 11.9 Å². The molecule has 22 heavy (non-hydrogen) atoms. The normalized spacial score (nSPS) is 10.4. The molecule has 3 rings (SSSR count). The van der Waals surface area contributed by atoms with Crippen molar-refractivity contribution in [1.29, 1.82) is 0 Å². The van der Waals surface area contributed by atoms with Crippen LogP contribution in [0.25, 0.3) is 5.65 Å². The maximum Gasteiger partial charge on any atom is 0.154 e. The number of nitrogens with one attached hydrogen (secondary N) is 1. The average Bonchev–Trinajstić information content (AvgIpc) is 2.94. The van der Waals surface area contributed by atoms with Gasteiger partial charge in [0.25, 0.3) is 0 Å². The molecule has 0 spiro atoms. The fourth-order valence-corrected chi connectivity index (χ4v) is 2.00. The van der Waals surface area contributed by atoms with Crippen molar-refractivity contribution in [2.24, 2.45) is 0 Å². The number of ether oxygens (including phenoxy) is 1. The van der Waals surface area contributed by atoms with E-state index in [2.05, 4.69) is 20.4 Å². The molecule has 0 aliphatic carbocycles. The summed E-state index contributed by atoms with van der Waals surface area (Å²) in [6.07, 6.45) is 3.57. The van der Waals surface area contributed by atoms with Crippen LogP contribution in [0.1, 0.15) is 18.3 Å². The SMILES string of the molecule is CCOCc1cnc2ccc(NCc3ccccn3)nn12.Cl. The first-order valence-electron chi connectivity index (χ1n) is 6.92. The van der Waals surface area contributed by atoms with Crippen molar-refractivity contribution in [3.8, 4) is 0 Å². The largest absolute Gasteiger partial charge is 0.375 e. The smallest absolute Gasteiger partial charge is 0.154 e. The number of halogens is 1. The molecule has 0 saturated carbocycles. The first-order valence-corrected chi connectivity index (χ1v) is 6.92. The quantitative estimate of drug-likeness (QED) is 0.756. The summed E-state index contributed by atoms with van der Waals surface area (Å²) in [5, 5.41) is 7.80. The van der Waals surface area contributed by atoms with Gasteiger partial charge in [-0.2, -0.15) is 0 Å². The molecule has 3 aromatic rings. The van der Waals surface area contributed by atoms with Crippen LogP contribution in [0.5, 0.6) is 0 Å². The maximum atomic E-state index is 5.42. The number of imidazole rings is 1. The summed E-state index contributed by atoms with van der Waals surface area (Å²) in [5.74, 6) is 0.781. The first-order chi connectivity index (χ1) is 10.4. The lowest BCUT2D eigenvalue weighted by atomic mass is 10.3. The van der Waals surface area contributed by atoms with Gasteiger partial charge in [0, 0.05) is 12.8 Å². The predicted octanol–water partition coefficient (Wildman–Crippen LogP) is 2.69. The molecule has 1 N–H and O–H groups in total. The van der Waals surface area contributed by atoms with Gasteiger partial charge >= 0.3 is 0 Å². The van der Waals surface area contributed by atoms with E-state index in [1.54, 1.807) is 16.9 Å². The highest BCUT2D eigenvalue weighted by atomic mass is 35.5. The van der Waals surface area contributed by atoms with E-state index in [4.69, 9.17) is 4.74 Å². The number of hydrogen-bond donors (Lipinski definition) is 1. The van der Waals surface area contributed by atoms with E-state index >= 15 is 0 Å². The second kappa shape index (κ2) is 7.72. The summed E-state index contributed by atoms with van der Waals surface area (Å²) in [4.78, 5) is 8.59. The van der Waals surface area contributed by atoms with Crippen LogP contribution in [0.2, 0.25) is 0 Å². The molecule has 7 heteroatoms. The lowest BCUT2D eigenvalue weighted by Crippen LogP contribution is -2.07. The Labute approximate surface area is 135 Å². The van der Waals surface area contributed by atoms with Crippen molar-refractivity contribution < 1.29 is 4.74 Å². The van der Waals surface area contributed by atoms with Gasteiger partial charge in [-0.3, -0.25) is 4.98 Å². The molecule has 3 aromatic heterocycles. The van der Waals surface area contributed by atoms with Gasteiger partial charge < -0.3 is 10.1 Å². The Morgan fingerprint density at radius 2 is 2.09 bits per heavy atom. The zero-order chi connectivity index (χ0) is 14.5.